The SMILES string of the molecule is CCC(=O)N1CCN(c2ncnc3c(F)c(-c4c(F)cccc4OCCCCCCCCCN4CCC(c5cc(F)cc6c5CN(C5CCC(=O)NC5=O)C6=O)CC4)c(Cl)cc23)CC1. The molecule has 5 heterocycles. The molecule has 3 fully saturated rings. The molecule has 3 aromatic carbocycles. The molecule has 8 rings (SSSR count). The number of nitrogens with one attached hydrogen (secondary N) is 1. The Kier molecular flexibility index (Phi) is 14.3. The molecule has 0 aliphatic carbocycles. The van der Waals surface area contributed by atoms with Gasteiger partial charge in [0.15, 0.2) is 5.82 Å². The fraction of sp³-hybridized carbons (Fsp3) is 0.500. The van der Waals surface area contributed by atoms with Crippen molar-refractivity contribution < 1.29 is 37.1 Å². The van der Waals surface area contributed by atoms with Gasteiger partial charge in [-0.05, 0) is 99.1 Å². The quantitative estimate of drug-likeness (QED) is 0.0875. The van der Waals surface area contributed by atoms with Crippen LogP contribution in [-0.2, 0) is 20.9 Å². The van der Waals surface area contributed by atoms with Crippen molar-refractivity contribution in [2.45, 2.75) is 102 Å². The van der Waals surface area contributed by atoms with Crippen molar-refractivity contribution in [3.63, 3.8) is 0 Å². The summed E-state index contributed by atoms with van der Waals surface area (Å²) in [6.45, 7) is 7.31. The Morgan fingerprint density at radius 2 is 1.61 bits per heavy atom. The van der Waals surface area contributed by atoms with Crippen molar-refractivity contribution in [3.8, 4) is 16.9 Å². The molecule has 340 valence electrons. The first-order chi connectivity index (χ1) is 31.0. The number of imide groups is 1. The third-order valence-electron chi connectivity index (χ3n) is 13.3. The van der Waals surface area contributed by atoms with Crippen molar-refractivity contribution in [2.75, 3.05) is 57.3 Å². The molecule has 0 saturated carbocycles. The van der Waals surface area contributed by atoms with Crippen LogP contribution in [0.1, 0.15) is 111 Å². The van der Waals surface area contributed by atoms with Crippen molar-refractivity contribution in [3.05, 3.63) is 81.9 Å². The number of fused-ring (bicyclic) bond motifs is 2. The Morgan fingerprint density at radius 1 is 0.875 bits per heavy atom. The summed E-state index contributed by atoms with van der Waals surface area (Å²) >= 11 is 6.74. The second-order valence-electron chi connectivity index (χ2n) is 17.3. The van der Waals surface area contributed by atoms with E-state index < -0.39 is 29.4 Å². The van der Waals surface area contributed by atoms with Gasteiger partial charge >= 0.3 is 0 Å². The van der Waals surface area contributed by atoms with Crippen LogP contribution in [0, 0.1) is 17.5 Å². The van der Waals surface area contributed by atoms with Crippen LogP contribution in [0.2, 0.25) is 5.02 Å². The molecule has 3 saturated heterocycles. The molecule has 1 atom stereocenters. The van der Waals surface area contributed by atoms with Gasteiger partial charge in [0.25, 0.3) is 5.91 Å². The number of amides is 4. The molecule has 16 heteroatoms. The lowest BCUT2D eigenvalue weighted by molar-refractivity contribution is -0.137. The van der Waals surface area contributed by atoms with Gasteiger partial charge < -0.3 is 24.3 Å². The van der Waals surface area contributed by atoms with Crippen molar-refractivity contribution in [1.82, 2.24) is 30.0 Å². The molecule has 12 nitrogen and oxygen atoms in total. The van der Waals surface area contributed by atoms with Crippen molar-refractivity contribution in [2.24, 2.45) is 0 Å². The van der Waals surface area contributed by atoms with Gasteiger partial charge in [-0.3, -0.25) is 24.5 Å². The van der Waals surface area contributed by atoms with E-state index in [9.17, 15) is 23.6 Å². The first-order valence-corrected chi connectivity index (χ1v) is 23.2. The van der Waals surface area contributed by atoms with E-state index >= 15 is 8.78 Å². The zero-order valence-electron chi connectivity index (χ0n) is 36.3. The fourth-order valence-electron chi connectivity index (χ4n) is 9.84. The number of carbonyl (C=O) groups excluding carboxylic acids is 4. The maximum absolute atomic E-state index is 16.4. The summed E-state index contributed by atoms with van der Waals surface area (Å²) in [5.41, 5.74) is 1.87. The lowest BCUT2D eigenvalue weighted by Crippen LogP contribution is -2.52. The summed E-state index contributed by atoms with van der Waals surface area (Å²) < 4.78 is 52.8. The van der Waals surface area contributed by atoms with E-state index in [-0.39, 0.29) is 70.4 Å². The Labute approximate surface area is 376 Å². The Bertz CT molecular complexity index is 2410. The third-order valence-corrected chi connectivity index (χ3v) is 13.6. The molecule has 1 N–H and O–H groups in total. The summed E-state index contributed by atoms with van der Waals surface area (Å²) in [5, 5.41) is 2.76. The Balaban J connectivity index is 0.761. The predicted molar refractivity (Wildman–Crippen MR) is 238 cm³/mol. The number of unbranched alkanes of at least 4 members (excludes halogenated alkanes) is 6. The number of anilines is 1. The summed E-state index contributed by atoms with van der Waals surface area (Å²) in [6, 6.07) is 8.11. The number of likely N-dealkylation sites (tertiary alicyclic amines) is 1. The van der Waals surface area contributed by atoms with Crippen LogP contribution >= 0.6 is 11.6 Å². The molecular weight excluding hydrogens is 847 g/mol. The second-order valence-corrected chi connectivity index (χ2v) is 17.7. The number of aromatic nitrogens is 2. The number of piperidine rings is 2. The number of rotatable bonds is 16. The first kappa shape index (κ1) is 45.3. The number of carbonyl (C=O) groups is 4. The molecule has 4 aliphatic rings. The molecule has 1 unspecified atom stereocenters. The van der Waals surface area contributed by atoms with E-state index in [1.165, 1.54) is 29.4 Å². The topological polar surface area (TPSA) is 128 Å². The largest absolute Gasteiger partial charge is 0.493 e. The molecule has 4 aromatic rings. The van der Waals surface area contributed by atoms with E-state index in [0.717, 1.165) is 88.5 Å². The van der Waals surface area contributed by atoms with E-state index in [1.54, 1.807) is 23.1 Å². The van der Waals surface area contributed by atoms with Gasteiger partial charge in [-0.2, -0.15) is 0 Å². The first-order valence-electron chi connectivity index (χ1n) is 22.8. The maximum atomic E-state index is 16.4. The summed E-state index contributed by atoms with van der Waals surface area (Å²) in [5.74, 6) is -2.07. The Hall–Kier alpha value is -5.28. The van der Waals surface area contributed by atoms with Crippen LogP contribution in [0.25, 0.3) is 22.0 Å². The van der Waals surface area contributed by atoms with Gasteiger partial charge in [0.05, 0.1) is 17.2 Å². The molecule has 64 heavy (non-hydrogen) atoms. The zero-order chi connectivity index (χ0) is 44.9. The number of hydrogen-bond donors (Lipinski definition) is 1. The van der Waals surface area contributed by atoms with E-state index in [4.69, 9.17) is 16.3 Å². The van der Waals surface area contributed by atoms with Gasteiger partial charge in [-0.25, -0.2) is 23.1 Å². The monoisotopic (exact) mass is 901 g/mol. The standard InChI is InChI=1S/C48H55ClF3N7O5/c1-2-41(61)57-20-22-58(23-21-57)46-34-27-36(49)42(44(52)45(34)53-29-54-46)43-37(51)11-10-12-39(43)64-24-9-7-5-3-4-6-8-17-56-18-15-30(16-19-56)32-25-31(50)26-33-35(32)28-59(48(33)63)38-13-14-40(60)55-47(38)62/h10-12,25-27,29-30,38H,2-9,13-24,28H2,1H3,(H,55,60,62). The van der Waals surface area contributed by atoms with Crippen LogP contribution in [0.4, 0.5) is 19.0 Å². The highest BCUT2D eigenvalue weighted by Crippen LogP contribution is 2.43. The number of ether oxygens (including phenoxy) is 1. The average molecular weight is 902 g/mol. The van der Waals surface area contributed by atoms with Gasteiger partial charge in [-0.15, -0.1) is 0 Å². The molecule has 1 aromatic heterocycles. The van der Waals surface area contributed by atoms with E-state index in [1.807, 2.05) is 11.8 Å². The van der Waals surface area contributed by atoms with Gasteiger partial charge in [0.2, 0.25) is 17.7 Å². The minimum Gasteiger partial charge on any atom is -0.493 e. The van der Waals surface area contributed by atoms with Gasteiger partial charge in [0, 0.05) is 62.1 Å². The van der Waals surface area contributed by atoms with Gasteiger partial charge in [-0.1, -0.05) is 56.7 Å². The highest BCUT2D eigenvalue weighted by Gasteiger charge is 2.41. The third kappa shape index (κ3) is 9.70. The molecular formula is C48H55ClF3N7O5. The second kappa shape index (κ2) is 20.3. The van der Waals surface area contributed by atoms with Crippen molar-refractivity contribution in [1.29, 1.82) is 0 Å². The van der Waals surface area contributed by atoms with Crippen molar-refractivity contribution >= 4 is 52.0 Å². The molecule has 0 radical (unpaired) electrons. The number of piperazine rings is 1. The van der Waals surface area contributed by atoms with E-state index in [0.29, 0.717) is 56.0 Å². The van der Waals surface area contributed by atoms with Crippen LogP contribution in [0.15, 0.2) is 42.7 Å². The Morgan fingerprint density at radius 3 is 2.34 bits per heavy atom. The molecule has 4 amide bonds. The van der Waals surface area contributed by atoms with Crippen LogP contribution in [0.3, 0.4) is 0 Å². The molecule has 4 aliphatic heterocycles. The lowest BCUT2D eigenvalue weighted by atomic mass is 9.85. The maximum Gasteiger partial charge on any atom is 0.255 e. The zero-order valence-corrected chi connectivity index (χ0v) is 37.0. The number of hydrogen-bond acceptors (Lipinski definition) is 9. The molecule has 0 spiro atoms. The minimum absolute atomic E-state index is 0.0207. The number of benzene rings is 3. The molecule has 0 bridgehead atoms. The predicted octanol–water partition coefficient (Wildman–Crippen LogP) is 8.18. The smallest absolute Gasteiger partial charge is 0.255 e. The lowest BCUT2D eigenvalue weighted by Gasteiger charge is -2.35. The van der Waals surface area contributed by atoms with Gasteiger partial charge in [0.1, 0.15) is 41.1 Å². The number of halogens is 4. The number of nitrogens with zero attached hydrogens (tertiary/aromatic N) is 6. The average Bonchev–Trinajstić information content (AvgIpc) is 3.62. The summed E-state index contributed by atoms with van der Waals surface area (Å²) in [4.78, 5) is 66.1. The van der Waals surface area contributed by atoms with E-state index in [2.05, 4.69) is 20.2 Å². The highest BCUT2D eigenvalue weighted by atomic mass is 35.5. The minimum atomic E-state index is -0.752. The van der Waals surface area contributed by atoms with Crippen LogP contribution in [0.5, 0.6) is 5.75 Å². The van der Waals surface area contributed by atoms with Crippen LogP contribution < -0.4 is 15.0 Å². The summed E-state index contributed by atoms with van der Waals surface area (Å²) in [6.07, 6.45) is 11.0. The van der Waals surface area contributed by atoms with Crippen LogP contribution in [-0.4, -0.2) is 107 Å². The fourth-order valence-corrected chi connectivity index (χ4v) is 10.1. The summed E-state index contributed by atoms with van der Waals surface area (Å²) in [7, 11) is 0. The normalized spacial score (nSPS) is 18.5. The highest BCUT2D eigenvalue weighted by molar-refractivity contribution is 6.34.